The molecule has 2 atom stereocenters. The zero-order valence-corrected chi connectivity index (χ0v) is 11.9. The fraction of sp³-hybridized carbons (Fsp3) is 0.846. The van der Waals surface area contributed by atoms with Crippen LogP contribution in [0.2, 0.25) is 0 Å². The van der Waals surface area contributed by atoms with Crippen LogP contribution in [0.4, 0.5) is 4.79 Å². The van der Waals surface area contributed by atoms with Gasteiger partial charge in [-0.15, -0.1) is 0 Å². The number of carbonyl (C=O) groups is 2. The molecule has 0 saturated heterocycles. The van der Waals surface area contributed by atoms with Crippen molar-refractivity contribution in [2.45, 2.75) is 51.6 Å². The molecule has 6 nitrogen and oxygen atoms in total. The van der Waals surface area contributed by atoms with Gasteiger partial charge in [-0.3, -0.25) is 0 Å². The molecule has 0 aromatic carbocycles. The molecule has 0 bridgehead atoms. The molecule has 3 N–H and O–H groups in total. The van der Waals surface area contributed by atoms with Gasteiger partial charge in [-0.1, -0.05) is 13.8 Å². The molecule has 1 fully saturated rings. The van der Waals surface area contributed by atoms with Gasteiger partial charge in [-0.05, 0) is 24.7 Å². The van der Waals surface area contributed by atoms with Gasteiger partial charge in [0, 0.05) is 26.2 Å². The number of hydrogen-bond acceptors (Lipinski definition) is 3. The zero-order valence-electron chi connectivity index (χ0n) is 11.9. The number of rotatable bonds is 6. The van der Waals surface area contributed by atoms with E-state index in [1.807, 2.05) is 0 Å². The van der Waals surface area contributed by atoms with E-state index < -0.39 is 18.0 Å². The maximum absolute atomic E-state index is 11.8. The zero-order chi connectivity index (χ0) is 14.5. The van der Waals surface area contributed by atoms with Gasteiger partial charge in [0.05, 0.1) is 0 Å². The fourth-order valence-electron chi connectivity index (χ4n) is 2.44. The van der Waals surface area contributed by atoms with Crippen molar-refractivity contribution in [3.05, 3.63) is 0 Å². The van der Waals surface area contributed by atoms with Gasteiger partial charge in [-0.25, -0.2) is 9.59 Å². The molecule has 1 aliphatic carbocycles. The molecule has 1 aliphatic rings. The van der Waals surface area contributed by atoms with Crippen molar-refractivity contribution in [1.29, 1.82) is 0 Å². The third-order valence-electron chi connectivity index (χ3n) is 3.52. The molecule has 0 spiro atoms. The molecular weight excluding hydrogens is 248 g/mol. The Morgan fingerprint density at radius 1 is 1.47 bits per heavy atom. The molecule has 0 aromatic rings. The molecule has 110 valence electrons. The maximum atomic E-state index is 11.8. The van der Waals surface area contributed by atoms with Crippen molar-refractivity contribution >= 4 is 12.0 Å². The van der Waals surface area contributed by atoms with E-state index in [4.69, 9.17) is 9.84 Å². The second-order valence-electron chi connectivity index (χ2n) is 5.89. The predicted octanol–water partition coefficient (Wildman–Crippen LogP) is 1.35. The molecule has 1 rings (SSSR count). The first-order chi connectivity index (χ1) is 8.84. The second kappa shape index (κ2) is 6.75. The van der Waals surface area contributed by atoms with E-state index in [-0.39, 0.29) is 17.9 Å². The van der Waals surface area contributed by atoms with Gasteiger partial charge < -0.3 is 20.5 Å². The smallest absolute Gasteiger partial charge is 0.326 e. The van der Waals surface area contributed by atoms with E-state index in [0.717, 1.165) is 19.3 Å². The highest BCUT2D eigenvalue weighted by molar-refractivity contribution is 5.82. The Kier molecular flexibility index (Phi) is 5.60. The third kappa shape index (κ3) is 5.46. The number of ether oxygens (including phenoxy) is 1. The van der Waals surface area contributed by atoms with Crippen molar-refractivity contribution in [1.82, 2.24) is 10.6 Å². The van der Waals surface area contributed by atoms with Crippen molar-refractivity contribution < 1.29 is 19.4 Å². The summed E-state index contributed by atoms with van der Waals surface area (Å²) >= 11 is 0. The first-order valence-electron chi connectivity index (χ1n) is 6.63. The number of carboxylic acid groups (broad SMARTS) is 1. The molecule has 2 unspecified atom stereocenters. The Morgan fingerprint density at radius 3 is 2.63 bits per heavy atom. The van der Waals surface area contributed by atoms with E-state index in [2.05, 4.69) is 24.5 Å². The van der Waals surface area contributed by atoms with Crippen LogP contribution in [0.15, 0.2) is 0 Å². The van der Waals surface area contributed by atoms with Crippen LogP contribution in [0.5, 0.6) is 0 Å². The van der Waals surface area contributed by atoms with Crippen LogP contribution >= 0.6 is 0 Å². The van der Waals surface area contributed by atoms with E-state index in [9.17, 15) is 9.59 Å². The first kappa shape index (κ1) is 15.8. The Morgan fingerprint density at radius 2 is 2.16 bits per heavy atom. The Balaban J connectivity index is 2.38. The van der Waals surface area contributed by atoms with Crippen molar-refractivity contribution in [2.24, 2.45) is 5.41 Å². The van der Waals surface area contributed by atoms with Crippen LogP contribution in [0.3, 0.4) is 0 Å². The van der Waals surface area contributed by atoms with Crippen LogP contribution in [-0.4, -0.2) is 42.9 Å². The Hall–Kier alpha value is -1.30. The van der Waals surface area contributed by atoms with E-state index in [0.29, 0.717) is 6.61 Å². The molecule has 0 aliphatic heterocycles. The molecule has 19 heavy (non-hydrogen) atoms. The lowest BCUT2D eigenvalue weighted by Gasteiger charge is -2.19. The predicted molar refractivity (Wildman–Crippen MR) is 71.0 cm³/mol. The molecule has 6 heteroatoms. The minimum Gasteiger partial charge on any atom is -0.480 e. The standard InChI is InChI=1S/C13H24N2O4/c1-13(2)6-4-9(8-13)14-12(18)15-10(11(16)17)5-7-19-3/h9-10H,4-8H2,1-3H3,(H,16,17)(H2,14,15,18). The second-order valence-corrected chi connectivity index (χ2v) is 5.89. The van der Waals surface area contributed by atoms with E-state index >= 15 is 0 Å². The van der Waals surface area contributed by atoms with Crippen molar-refractivity contribution in [2.75, 3.05) is 13.7 Å². The average molecular weight is 272 g/mol. The van der Waals surface area contributed by atoms with E-state index in [1.165, 1.54) is 7.11 Å². The summed E-state index contributed by atoms with van der Waals surface area (Å²) in [7, 11) is 1.50. The van der Waals surface area contributed by atoms with Gasteiger partial charge in [-0.2, -0.15) is 0 Å². The number of methoxy groups -OCH3 is 1. The molecule has 0 heterocycles. The van der Waals surface area contributed by atoms with Crippen molar-refractivity contribution in [3.63, 3.8) is 0 Å². The number of amides is 2. The SMILES string of the molecule is COCCC(NC(=O)NC1CCC(C)(C)C1)C(=O)O. The summed E-state index contributed by atoms with van der Waals surface area (Å²) in [5.74, 6) is -1.04. The highest BCUT2D eigenvalue weighted by Crippen LogP contribution is 2.36. The van der Waals surface area contributed by atoms with Gasteiger partial charge in [0.25, 0.3) is 0 Å². The lowest BCUT2D eigenvalue weighted by molar-refractivity contribution is -0.139. The fourth-order valence-corrected chi connectivity index (χ4v) is 2.44. The van der Waals surface area contributed by atoms with Crippen LogP contribution < -0.4 is 10.6 Å². The summed E-state index contributed by atoms with van der Waals surface area (Å²) < 4.78 is 4.83. The van der Waals surface area contributed by atoms with Gasteiger partial charge in [0.2, 0.25) is 0 Å². The highest BCUT2D eigenvalue weighted by Gasteiger charge is 2.32. The summed E-state index contributed by atoms with van der Waals surface area (Å²) in [5.41, 5.74) is 0.250. The molecule has 1 saturated carbocycles. The van der Waals surface area contributed by atoms with Crippen LogP contribution in [-0.2, 0) is 9.53 Å². The number of aliphatic carboxylic acids is 1. The Labute approximate surface area is 113 Å². The normalized spacial score (nSPS) is 22.8. The average Bonchev–Trinajstić information content (AvgIpc) is 2.63. The van der Waals surface area contributed by atoms with E-state index in [1.54, 1.807) is 0 Å². The lowest BCUT2D eigenvalue weighted by Crippen LogP contribution is -2.49. The number of hydrogen-bond donors (Lipinski definition) is 3. The number of urea groups is 1. The monoisotopic (exact) mass is 272 g/mol. The lowest BCUT2D eigenvalue weighted by atomic mass is 9.92. The third-order valence-corrected chi connectivity index (χ3v) is 3.52. The topological polar surface area (TPSA) is 87.7 Å². The summed E-state index contributed by atoms with van der Waals surface area (Å²) in [5, 5.41) is 14.3. The number of carboxylic acids is 1. The minimum absolute atomic E-state index is 0.131. The molecule has 0 aromatic heterocycles. The molecule has 0 radical (unpaired) electrons. The van der Waals surface area contributed by atoms with Crippen LogP contribution in [0.1, 0.15) is 39.5 Å². The summed E-state index contributed by atoms with van der Waals surface area (Å²) in [6.45, 7) is 4.64. The van der Waals surface area contributed by atoms with Gasteiger partial charge in [0.15, 0.2) is 0 Å². The quantitative estimate of drug-likeness (QED) is 0.681. The summed E-state index contributed by atoms with van der Waals surface area (Å²) in [4.78, 5) is 22.7. The minimum atomic E-state index is -1.04. The largest absolute Gasteiger partial charge is 0.480 e. The van der Waals surface area contributed by atoms with Gasteiger partial charge in [0.1, 0.15) is 6.04 Å². The van der Waals surface area contributed by atoms with Crippen LogP contribution in [0, 0.1) is 5.41 Å². The summed E-state index contributed by atoms with van der Waals surface area (Å²) in [6, 6.07) is -1.19. The maximum Gasteiger partial charge on any atom is 0.326 e. The summed E-state index contributed by atoms with van der Waals surface area (Å²) in [6.07, 6.45) is 3.20. The highest BCUT2D eigenvalue weighted by atomic mass is 16.5. The number of nitrogens with one attached hydrogen (secondary N) is 2. The first-order valence-corrected chi connectivity index (χ1v) is 6.63. The van der Waals surface area contributed by atoms with Crippen molar-refractivity contribution in [3.8, 4) is 0 Å². The Bertz CT molecular complexity index is 331. The molecule has 2 amide bonds. The van der Waals surface area contributed by atoms with Gasteiger partial charge >= 0.3 is 12.0 Å². The van der Waals surface area contributed by atoms with Crippen LogP contribution in [0.25, 0.3) is 0 Å². The number of carbonyl (C=O) groups excluding carboxylic acids is 1. The molecular formula is C13H24N2O4.